The number of rotatable bonds is 4. The van der Waals surface area contributed by atoms with Crippen LogP contribution in [0.15, 0.2) is 42.5 Å². The Morgan fingerprint density at radius 2 is 2.35 bits per heavy atom. The van der Waals surface area contributed by atoms with Crippen molar-refractivity contribution >= 4 is 23.6 Å². The fourth-order valence-electron chi connectivity index (χ4n) is 1.17. The Hall–Kier alpha value is -2.05. The standard InChI is InChI=1S/C13H11ClN2O/c1-2-6-16-13(17)11(9-15)7-10-4-3-5-12(14)8-10/h2-5,7-8H,1,6H2,(H,16,17). The molecule has 0 aliphatic heterocycles. The van der Waals surface area contributed by atoms with Gasteiger partial charge in [-0.25, -0.2) is 0 Å². The molecule has 0 radical (unpaired) electrons. The van der Waals surface area contributed by atoms with Gasteiger partial charge in [-0.3, -0.25) is 4.79 Å². The maximum atomic E-state index is 11.5. The van der Waals surface area contributed by atoms with E-state index in [4.69, 9.17) is 16.9 Å². The van der Waals surface area contributed by atoms with Crippen LogP contribution in [-0.2, 0) is 4.79 Å². The first kappa shape index (κ1) is 13.0. The second-order valence-corrected chi connectivity index (χ2v) is 3.66. The number of halogens is 1. The summed E-state index contributed by atoms with van der Waals surface area (Å²) in [5, 5.41) is 12.0. The molecule has 0 unspecified atom stereocenters. The first-order valence-corrected chi connectivity index (χ1v) is 5.31. The number of nitrogens with one attached hydrogen (secondary N) is 1. The Morgan fingerprint density at radius 3 is 2.94 bits per heavy atom. The molecule has 86 valence electrons. The van der Waals surface area contributed by atoms with E-state index < -0.39 is 5.91 Å². The molecule has 0 atom stereocenters. The number of amides is 1. The second kappa shape index (κ2) is 6.51. The molecule has 0 heterocycles. The summed E-state index contributed by atoms with van der Waals surface area (Å²) in [5.74, 6) is -0.424. The van der Waals surface area contributed by atoms with Crippen molar-refractivity contribution in [2.45, 2.75) is 0 Å². The zero-order valence-electron chi connectivity index (χ0n) is 9.11. The number of nitrogens with zero attached hydrogens (tertiary/aromatic N) is 1. The van der Waals surface area contributed by atoms with Crippen LogP contribution in [0.1, 0.15) is 5.56 Å². The van der Waals surface area contributed by atoms with E-state index in [-0.39, 0.29) is 5.57 Å². The molecule has 0 bridgehead atoms. The van der Waals surface area contributed by atoms with Crippen LogP contribution >= 0.6 is 11.6 Å². The predicted molar refractivity (Wildman–Crippen MR) is 68.2 cm³/mol. The number of nitriles is 1. The molecule has 1 N–H and O–H groups in total. The highest BCUT2D eigenvalue weighted by Crippen LogP contribution is 2.13. The molecule has 0 saturated heterocycles. The summed E-state index contributed by atoms with van der Waals surface area (Å²) in [7, 11) is 0. The lowest BCUT2D eigenvalue weighted by molar-refractivity contribution is -0.116. The molecule has 4 heteroatoms. The van der Waals surface area contributed by atoms with E-state index in [0.29, 0.717) is 17.1 Å². The van der Waals surface area contributed by atoms with E-state index in [1.54, 1.807) is 30.3 Å². The van der Waals surface area contributed by atoms with Gasteiger partial charge in [0.2, 0.25) is 0 Å². The van der Waals surface area contributed by atoms with Crippen molar-refractivity contribution in [3.8, 4) is 6.07 Å². The monoisotopic (exact) mass is 246 g/mol. The summed E-state index contributed by atoms with van der Waals surface area (Å²) in [6.07, 6.45) is 3.04. The number of carbonyl (C=O) groups excluding carboxylic acids is 1. The zero-order valence-corrected chi connectivity index (χ0v) is 9.87. The maximum Gasteiger partial charge on any atom is 0.262 e. The summed E-state index contributed by atoms with van der Waals surface area (Å²) in [6.45, 7) is 3.81. The van der Waals surface area contributed by atoms with Crippen molar-refractivity contribution < 1.29 is 4.79 Å². The quantitative estimate of drug-likeness (QED) is 0.504. The van der Waals surface area contributed by atoms with Gasteiger partial charge in [0, 0.05) is 11.6 Å². The lowest BCUT2D eigenvalue weighted by Gasteiger charge is -2.00. The smallest absolute Gasteiger partial charge is 0.262 e. The van der Waals surface area contributed by atoms with E-state index >= 15 is 0 Å². The van der Waals surface area contributed by atoms with Crippen molar-refractivity contribution in [2.24, 2.45) is 0 Å². The van der Waals surface area contributed by atoms with Crippen LogP contribution < -0.4 is 5.32 Å². The number of benzene rings is 1. The number of carbonyl (C=O) groups is 1. The van der Waals surface area contributed by atoms with E-state index in [1.807, 2.05) is 6.07 Å². The lowest BCUT2D eigenvalue weighted by atomic mass is 10.1. The molecule has 0 saturated carbocycles. The number of hydrogen-bond donors (Lipinski definition) is 1. The molecule has 0 fully saturated rings. The Balaban J connectivity index is 2.91. The van der Waals surface area contributed by atoms with Crippen molar-refractivity contribution in [2.75, 3.05) is 6.54 Å². The highest BCUT2D eigenvalue weighted by molar-refractivity contribution is 6.30. The minimum atomic E-state index is -0.424. The summed E-state index contributed by atoms with van der Waals surface area (Å²) in [4.78, 5) is 11.5. The predicted octanol–water partition coefficient (Wildman–Crippen LogP) is 2.55. The minimum absolute atomic E-state index is 0.0362. The van der Waals surface area contributed by atoms with E-state index in [1.165, 1.54) is 6.08 Å². The second-order valence-electron chi connectivity index (χ2n) is 3.22. The molecule has 1 amide bonds. The largest absolute Gasteiger partial charge is 0.348 e. The average Bonchev–Trinajstić information content (AvgIpc) is 2.33. The third kappa shape index (κ3) is 4.13. The van der Waals surface area contributed by atoms with Crippen molar-refractivity contribution in [3.63, 3.8) is 0 Å². The van der Waals surface area contributed by atoms with Crippen LogP contribution in [0.5, 0.6) is 0 Å². The molecule has 0 aliphatic carbocycles. The van der Waals surface area contributed by atoms with Gasteiger partial charge in [-0.05, 0) is 23.8 Å². The first-order valence-electron chi connectivity index (χ1n) is 4.94. The van der Waals surface area contributed by atoms with Gasteiger partial charge >= 0.3 is 0 Å². The van der Waals surface area contributed by atoms with Crippen LogP contribution in [0.3, 0.4) is 0 Å². The fraction of sp³-hybridized carbons (Fsp3) is 0.0769. The van der Waals surface area contributed by atoms with Crippen molar-refractivity contribution in [1.82, 2.24) is 5.32 Å². The summed E-state index contributed by atoms with van der Waals surface area (Å²) in [6, 6.07) is 8.78. The molecule has 0 spiro atoms. The molecule has 3 nitrogen and oxygen atoms in total. The van der Waals surface area contributed by atoms with Crippen LogP contribution in [-0.4, -0.2) is 12.5 Å². The van der Waals surface area contributed by atoms with Crippen molar-refractivity contribution in [3.05, 3.63) is 53.1 Å². The molecule has 17 heavy (non-hydrogen) atoms. The normalized spacial score (nSPS) is 10.5. The van der Waals surface area contributed by atoms with Crippen molar-refractivity contribution in [1.29, 1.82) is 5.26 Å². The van der Waals surface area contributed by atoms with Crippen LogP contribution in [0.4, 0.5) is 0 Å². The van der Waals surface area contributed by atoms with Crippen LogP contribution in [0, 0.1) is 11.3 Å². The molecule has 1 rings (SSSR count). The third-order valence-electron chi connectivity index (χ3n) is 1.93. The van der Waals surface area contributed by atoms with Gasteiger partial charge in [0.1, 0.15) is 11.6 Å². The van der Waals surface area contributed by atoms with Gasteiger partial charge in [-0.1, -0.05) is 29.8 Å². The van der Waals surface area contributed by atoms with Crippen LogP contribution in [0.2, 0.25) is 5.02 Å². The topological polar surface area (TPSA) is 52.9 Å². The molecule has 1 aromatic rings. The van der Waals surface area contributed by atoms with E-state index in [0.717, 1.165) is 0 Å². The zero-order chi connectivity index (χ0) is 12.7. The first-order chi connectivity index (χ1) is 8.17. The Morgan fingerprint density at radius 1 is 1.59 bits per heavy atom. The lowest BCUT2D eigenvalue weighted by Crippen LogP contribution is -2.24. The van der Waals surface area contributed by atoms with Gasteiger partial charge in [0.05, 0.1) is 0 Å². The van der Waals surface area contributed by atoms with E-state index in [9.17, 15) is 4.79 Å². The Labute approximate surface area is 105 Å². The van der Waals surface area contributed by atoms with E-state index in [2.05, 4.69) is 11.9 Å². The average molecular weight is 247 g/mol. The molecule has 0 aromatic heterocycles. The SMILES string of the molecule is C=CCNC(=O)C(C#N)=Cc1cccc(Cl)c1. The number of hydrogen-bond acceptors (Lipinski definition) is 2. The highest BCUT2D eigenvalue weighted by Gasteiger charge is 2.07. The Bertz CT molecular complexity index is 500. The highest BCUT2D eigenvalue weighted by atomic mass is 35.5. The molecular weight excluding hydrogens is 236 g/mol. The van der Waals surface area contributed by atoms with Gasteiger partial charge in [0.15, 0.2) is 0 Å². The van der Waals surface area contributed by atoms with Gasteiger partial charge in [-0.15, -0.1) is 6.58 Å². The Kier molecular flexibility index (Phi) is 4.99. The fourth-order valence-corrected chi connectivity index (χ4v) is 1.37. The summed E-state index contributed by atoms with van der Waals surface area (Å²) >= 11 is 5.81. The minimum Gasteiger partial charge on any atom is -0.348 e. The molecular formula is C13H11ClN2O. The summed E-state index contributed by atoms with van der Waals surface area (Å²) < 4.78 is 0. The van der Waals surface area contributed by atoms with Gasteiger partial charge in [0.25, 0.3) is 5.91 Å². The molecule has 0 aliphatic rings. The van der Waals surface area contributed by atoms with Gasteiger partial charge < -0.3 is 5.32 Å². The van der Waals surface area contributed by atoms with Gasteiger partial charge in [-0.2, -0.15) is 5.26 Å². The summed E-state index contributed by atoms with van der Waals surface area (Å²) in [5.41, 5.74) is 0.747. The molecule has 1 aromatic carbocycles. The van der Waals surface area contributed by atoms with Crippen LogP contribution in [0.25, 0.3) is 6.08 Å². The third-order valence-corrected chi connectivity index (χ3v) is 2.17. The maximum absolute atomic E-state index is 11.5.